The Bertz CT molecular complexity index is 1260. The molecule has 0 saturated carbocycles. The lowest BCUT2D eigenvalue weighted by molar-refractivity contribution is 0.0947. The van der Waals surface area contributed by atoms with Crippen LogP contribution in [0.25, 0.3) is 6.08 Å². The van der Waals surface area contributed by atoms with Gasteiger partial charge in [0, 0.05) is 23.2 Å². The minimum atomic E-state index is -0.574. The lowest BCUT2D eigenvalue weighted by atomic mass is 9.96. The fourth-order valence-electron chi connectivity index (χ4n) is 3.66. The first-order valence-electron chi connectivity index (χ1n) is 9.82. The van der Waals surface area contributed by atoms with Gasteiger partial charge in [-0.15, -0.1) is 11.3 Å². The number of aromatic hydroxyl groups is 2. The first-order valence-corrected chi connectivity index (χ1v) is 11.0. The van der Waals surface area contributed by atoms with Crippen LogP contribution in [-0.2, 0) is 13.0 Å². The van der Waals surface area contributed by atoms with Crippen LogP contribution < -0.4 is 11.1 Å². The molecule has 2 heterocycles. The van der Waals surface area contributed by atoms with Gasteiger partial charge in [-0.25, -0.2) is 0 Å². The van der Waals surface area contributed by atoms with Gasteiger partial charge >= 0.3 is 0 Å². The summed E-state index contributed by atoms with van der Waals surface area (Å²) in [6.07, 6.45) is 7.70. The first kappa shape index (κ1) is 21.7. The second kappa shape index (κ2) is 8.94. The van der Waals surface area contributed by atoms with E-state index in [0.29, 0.717) is 32.3 Å². The third kappa shape index (κ3) is 4.28. The molecule has 1 aliphatic carbocycles. The standard InChI is InChI=1S/C23H21ClN4O3S/c24-18-10-9-17(32-18)21(29)27-16-8-2-7-15-19(16)23(31)28(22(15)30)11-3-5-13-4-1-6-14(12-13)20(25)26/h1-6,8-10,12,16,30-31H,7,11H2,(H3,25,26)(H,27,29)/t16-/m1/s1. The van der Waals surface area contributed by atoms with Crippen molar-refractivity contribution >= 4 is 40.8 Å². The molecule has 0 aliphatic heterocycles. The number of amides is 1. The summed E-state index contributed by atoms with van der Waals surface area (Å²) < 4.78 is 1.91. The molecule has 0 fully saturated rings. The predicted molar refractivity (Wildman–Crippen MR) is 127 cm³/mol. The fraction of sp³-hybridized carbons (Fsp3) is 0.130. The molecule has 4 rings (SSSR count). The van der Waals surface area contributed by atoms with Gasteiger partial charge in [0.05, 0.1) is 15.3 Å². The summed E-state index contributed by atoms with van der Waals surface area (Å²) >= 11 is 7.09. The number of hydrogen-bond acceptors (Lipinski definition) is 5. The Balaban J connectivity index is 1.55. The molecule has 1 amide bonds. The summed E-state index contributed by atoms with van der Waals surface area (Å²) in [5.41, 5.74) is 8.05. The van der Waals surface area contributed by atoms with Crippen molar-refractivity contribution in [2.24, 2.45) is 5.73 Å². The monoisotopic (exact) mass is 468 g/mol. The van der Waals surface area contributed by atoms with Crippen molar-refractivity contribution in [3.05, 3.63) is 86.1 Å². The summed E-state index contributed by atoms with van der Waals surface area (Å²) in [4.78, 5) is 13.0. The first-order chi connectivity index (χ1) is 15.3. The van der Waals surface area contributed by atoms with Crippen molar-refractivity contribution in [2.75, 3.05) is 0 Å². The molecule has 0 unspecified atom stereocenters. The fourth-order valence-corrected chi connectivity index (χ4v) is 4.60. The van der Waals surface area contributed by atoms with Crippen molar-refractivity contribution in [2.45, 2.75) is 19.0 Å². The van der Waals surface area contributed by atoms with Gasteiger partial charge in [0.25, 0.3) is 5.91 Å². The van der Waals surface area contributed by atoms with Gasteiger partial charge in [0.2, 0.25) is 0 Å². The number of benzene rings is 1. The van der Waals surface area contributed by atoms with Gasteiger partial charge in [-0.2, -0.15) is 0 Å². The van der Waals surface area contributed by atoms with Gasteiger partial charge in [-0.3, -0.25) is 14.8 Å². The Morgan fingerprint density at radius 2 is 2.12 bits per heavy atom. The van der Waals surface area contributed by atoms with Gasteiger partial charge in [0.1, 0.15) is 5.84 Å². The van der Waals surface area contributed by atoms with E-state index in [-0.39, 0.29) is 30.0 Å². The van der Waals surface area contributed by atoms with Crippen molar-refractivity contribution < 1.29 is 15.0 Å². The number of amidine groups is 1. The molecular weight excluding hydrogens is 448 g/mol. The molecule has 1 atom stereocenters. The van der Waals surface area contributed by atoms with E-state index in [0.717, 1.165) is 5.56 Å². The van der Waals surface area contributed by atoms with Crippen LogP contribution in [0.3, 0.4) is 0 Å². The van der Waals surface area contributed by atoms with E-state index in [9.17, 15) is 15.0 Å². The number of nitrogen functional groups attached to an aromatic ring is 1. The molecule has 3 aromatic rings. The number of thiophene rings is 1. The predicted octanol–water partition coefficient (Wildman–Crippen LogP) is 4.20. The van der Waals surface area contributed by atoms with E-state index < -0.39 is 6.04 Å². The number of nitrogens with two attached hydrogens (primary N) is 1. The third-order valence-electron chi connectivity index (χ3n) is 5.19. The minimum Gasteiger partial charge on any atom is -0.494 e. The van der Waals surface area contributed by atoms with E-state index in [2.05, 4.69) is 5.32 Å². The number of hydrogen-bond donors (Lipinski definition) is 5. The van der Waals surface area contributed by atoms with E-state index in [1.807, 2.05) is 18.2 Å². The molecule has 6 N–H and O–H groups in total. The molecule has 2 aromatic heterocycles. The van der Waals surface area contributed by atoms with Crippen LogP contribution in [0.2, 0.25) is 4.34 Å². The highest BCUT2D eigenvalue weighted by atomic mass is 35.5. The van der Waals surface area contributed by atoms with Gasteiger partial charge in [-0.05, 0) is 30.2 Å². The molecule has 0 bridgehead atoms. The Morgan fingerprint density at radius 1 is 1.31 bits per heavy atom. The van der Waals surface area contributed by atoms with Crippen LogP contribution >= 0.6 is 22.9 Å². The highest BCUT2D eigenvalue weighted by Crippen LogP contribution is 2.41. The maximum absolute atomic E-state index is 12.6. The maximum atomic E-state index is 12.6. The van der Waals surface area contributed by atoms with Crippen LogP contribution in [0.4, 0.5) is 0 Å². The highest BCUT2D eigenvalue weighted by Gasteiger charge is 2.29. The molecule has 7 nitrogen and oxygen atoms in total. The number of carbonyl (C=O) groups excluding carboxylic acids is 1. The Kier molecular flexibility index (Phi) is 6.07. The number of allylic oxidation sites excluding steroid dienone is 2. The van der Waals surface area contributed by atoms with E-state index in [1.165, 1.54) is 15.9 Å². The average molecular weight is 469 g/mol. The van der Waals surface area contributed by atoms with E-state index >= 15 is 0 Å². The number of halogens is 1. The number of nitrogens with one attached hydrogen (secondary N) is 2. The largest absolute Gasteiger partial charge is 0.494 e. The topological polar surface area (TPSA) is 124 Å². The van der Waals surface area contributed by atoms with Crippen molar-refractivity contribution in [3.8, 4) is 11.8 Å². The highest BCUT2D eigenvalue weighted by molar-refractivity contribution is 7.18. The maximum Gasteiger partial charge on any atom is 0.262 e. The number of fused-ring (bicyclic) bond motifs is 1. The Hall–Kier alpha value is -3.49. The normalized spacial score (nSPS) is 15.1. The van der Waals surface area contributed by atoms with Crippen LogP contribution in [0.15, 0.2) is 54.6 Å². The molecule has 1 aromatic carbocycles. The summed E-state index contributed by atoms with van der Waals surface area (Å²) in [6.45, 7) is 0.218. The number of rotatable bonds is 6. The smallest absolute Gasteiger partial charge is 0.262 e. The molecule has 0 spiro atoms. The van der Waals surface area contributed by atoms with Crippen molar-refractivity contribution in [1.82, 2.24) is 9.88 Å². The molecule has 9 heteroatoms. The molecular formula is C23H21ClN4O3S. The quantitative estimate of drug-likeness (QED) is 0.211. The third-order valence-corrected chi connectivity index (χ3v) is 6.42. The minimum absolute atomic E-state index is 0.0148. The molecule has 32 heavy (non-hydrogen) atoms. The SMILES string of the molecule is N=C(N)c1cccc(C=CCn2c(O)c3c(c2O)[C@H](NC(=O)c2ccc(Cl)s2)C=CC3)c1. The summed E-state index contributed by atoms with van der Waals surface area (Å²) in [6, 6.07) is 9.94. The molecule has 0 saturated heterocycles. The number of nitrogens with zero attached hydrogens (tertiary/aromatic N) is 1. The summed E-state index contributed by atoms with van der Waals surface area (Å²) in [5.74, 6) is -0.457. The van der Waals surface area contributed by atoms with Gasteiger partial charge < -0.3 is 21.3 Å². The Labute approximate surface area is 193 Å². The zero-order valence-electron chi connectivity index (χ0n) is 16.9. The van der Waals surface area contributed by atoms with Crippen LogP contribution in [-0.4, -0.2) is 26.5 Å². The summed E-state index contributed by atoms with van der Waals surface area (Å²) in [7, 11) is 0. The van der Waals surface area contributed by atoms with Crippen LogP contribution in [0, 0.1) is 5.41 Å². The average Bonchev–Trinajstić information content (AvgIpc) is 3.31. The van der Waals surface area contributed by atoms with Gasteiger partial charge in [-0.1, -0.05) is 54.1 Å². The lowest BCUT2D eigenvalue weighted by Crippen LogP contribution is -2.28. The zero-order chi connectivity index (χ0) is 22.8. The van der Waals surface area contributed by atoms with E-state index in [1.54, 1.807) is 42.5 Å². The molecule has 0 radical (unpaired) electrons. The second-order valence-electron chi connectivity index (χ2n) is 7.28. The van der Waals surface area contributed by atoms with Gasteiger partial charge in [0.15, 0.2) is 11.8 Å². The molecule has 164 valence electrons. The summed E-state index contributed by atoms with van der Waals surface area (Å²) in [5, 5.41) is 32.0. The number of aromatic nitrogens is 1. The van der Waals surface area contributed by atoms with E-state index in [4.69, 9.17) is 22.7 Å². The van der Waals surface area contributed by atoms with Crippen molar-refractivity contribution in [3.63, 3.8) is 0 Å². The lowest BCUT2D eigenvalue weighted by Gasteiger charge is -2.19. The Morgan fingerprint density at radius 3 is 2.84 bits per heavy atom. The van der Waals surface area contributed by atoms with Crippen molar-refractivity contribution in [1.29, 1.82) is 5.41 Å². The zero-order valence-corrected chi connectivity index (χ0v) is 18.5. The molecule has 1 aliphatic rings. The van der Waals surface area contributed by atoms with Crippen LogP contribution in [0.5, 0.6) is 11.8 Å². The van der Waals surface area contributed by atoms with Crippen LogP contribution in [0.1, 0.15) is 38.0 Å². The second-order valence-corrected chi connectivity index (χ2v) is 8.99. The number of carbonyl (C=O) groups is 1.